The van der Waals surface area contributed by atoms with Crippen molar-refractivity contribution < 1.29 is 14.3 Å². The van der Waals surface area contributed by atoms with Crippen molar-refractivity contribution in [3.8, 4) is 5.75 Å². The number of nitrogens with zero attached hydrogens (tertiary/aromatic N) is 1. The maximum absolute atomic E-state index is 13.0. The summed E-state index contributed by atoms with van der Waals surface area (Å²) in [6.07, 6.45) is 6.55. The van der Waals surface area contributed by atoms with Crippen molar-refractivity contribution in [3.63, 3.8) is 0 Å². The topological polar surface area (TPSA) is 46.6 Å². The second-order valence-corrected chi connectivity index (χ2v) is 7.51. The molecule has 4 nitrogen and oxygen atoms in total. The minimum Gasteiger partial charge on any atom is -0.494 e. The van der Waals surface area contributed by atoms with Crippen molar-refractivity contribution in [2.45, 2.75) is 19.8 Å². The van der Waals surface area contributed by atoms with E-state index in [2.05, 4.69) is 19.1 Å². The maximum atomic E-state index is 13.0. The quantitative estimate of drug-likeness (QED) is 0.632. The first kappa shape index (κ1) is 14.3. The van der Waals surface area contributed by atoms with E-state index in [9.17, 15) is 9.59 Å². The van der Waals surface area contributed by atoms with E-state index < -0.39 is 0 Å². The van der Waals surface area contributed by atoms with Gasteiger partial charge in [0, 0.05) is 0 Å². The largest absolute Gasteiger partial charge is 0.494 e. The molecule has 2 bridgehead atoms. The van der Waals surface area contributed by atoms with Gasteiger partial charge in [-0.15, -0.1) is 0 Å². The Morgan fingerprint density at radius 1 is 1.00 bits per heavy atom. The van der Waals surface area contributed by atoms with Crippen LogP contribution in [0.5, 0.6) is 5.75 Å². The van der Waals surface area contributed by atoms with Gasteiger partial charge in [-0.1, -0.05) is 19.1 Å². The fraction of sp³-hybridized carbons (Fsp3) is 0.500. The van der Waals surface area contributed by atoms with Gasteiger partial charge in [-0.05, 0) is 60.8 Å². The van der Waals surface area contributed by atoms with Crippen LogP contribution in [0.25, 0.3) is 0 Å². The Balaban J connectivity index is 1.44. The molecule has 1 heterocycles. The minimum absolute atomic E-state index is 0.00285. The summed E-state index contributed by atoms with van der Waals surface area (Å²) in [5.41, 5.74) is 0.677. The van der Waals surface area contributed by atoms with E-state index in [-0.39, 0.29) is 35.5 Å². The number of amides is 2. The summed E-state index contributed by atoms with van der Waals surface area (Å²) in [6.45, 7) is 2.73. The molecule has 5 aliphatic rings. The van der Waals surface area contributed by atoms with Gasteiger partial charge in [-0.3, -0.25) is 14.5 Å². The molecule has 0 spiro atoms. The molecule has 1 aromatic carbocycles. The summed E-state index contributed by atoms with van der Waals surface area (Å²) < 4.78 is 5.59. The van der Waals surface area contributed by atoms with Gasteiger partial charge in [0.2, 0.25) is 11.8 Å². The van der Waals surface area contributed by atoms with Gasteiger partial charge in [-0.2, -0.15) is 0 Å². The predicted molar refractivity (Wildman–Crippen MR) is 89.4 cm³/mol. The Morgan fingerprint density at radius 2 is 1.58 bits per heavy atom. The van der Waals surface area contributed by atoms with E-state index in [1.807, 2.05) is 24.3 Å². The van der Waals surface area contributed by atoms with Crippen LogP contribution in [0.2, 0.25) is 0 Å². The van der Waals surface area contributed by atoms with Crippen molar-refractivity contribution in [3.05, 3.63) is 36.4 Å². The molecule has 0 aromatic heterocycles. The monoisotopic (exact) mass is 323 g/mol. The van der Waals surface area contributed by atoms with E-state index >= 15 is 0 Å². The average Bonchev–Trinajstić information content (AvgIpc) is 3.38. The van der Waals surface area contributed by atoms with Gasteiger partial charge >= 0.3 is 0 Å². The summed E-state index contributed by atoms with van der Waals surface area (Å²) in [7, 11) is 0. The summed E-state index contributed by atoms with van der Waals surface area (Å²) in [5.74, 6) is 2.34. The third-order valence-corrected chi connectivity index (χ3v) is 6.23. The molecule has 1 aromatic rings. The lowest BCUT2D eigenvalue weighted by atomic mass is 9.63. The predicted octanol–water partition coefficient (Wildman–Crippen LogP) is 3.03. The Morgan fingerprint density at radius 3 is 2.12 bits per heavy atom. The highest BCUT2D eigenvalue weighted by Gasteiger charge is 2.67. The van der Waals surface area contributed by atoms with Crippen LogP contribution in [0.4, 0.5) is 5.69 Å². The van der Waals surface area contributed by atoms with E-state index in [1.54, 1.807) is 0 Å². The maximum Gasteiger partial charge on any atom is 0.238 e. The molecular formula is C20H21NO3. The zero-order valence-corrected chi connectivity index (χ0v) is 13.7. The number of allylic oxidation sites excluding steroid dienone is 2. The molecule has 1 saturated heterocycles. The number of carbonyl (C=O) groups is 2. The Bertz CT molecular complexity index is 702. The van der Waals surface area contributed by atoms with E-state index in [0.29, 0.717) is 24.1 Å². The van der Waals surface area contributed by atoms with Gasteiger partial charge in [-0.25, -0.2) is 0 Å². The molecule has 0 unspecified atom stereocenters. The summed E-state index contributed by atoms with van der Waals surface area (Å²) in [5, 5.41) is 0. The van der Waals surface area contributed by atoms with Crippen molar-refractivity contribution >= 4 is 17.5 Å². The number of imide groups is 1. The molecule has 4 heteroatoms. The normalized spacial score (nSPS) is 38.3. The fourth-order valence-corrected chi connectivity index (χ4v) is 5.12. The van der Waals surface area contributed by atoms with Crippen LogP contribution < -0.4 is 9.64 Å². The van der Waals surface area contributed by atoms with Crippen LogP contribution in [0.1, 0.15) is 19.8 Å². The number of anilines is 1. The summed E-state index contributed by atoms with van der Waals surface area (Å²) in [6, 6.07) is 7.35. The SMILES string of the molecule is CCCOc1ccc(N2C(=O)[C@@H]3[C@H]4C=C[C@@H]([C@@H]5C[C@@H]45)[C@@H]3C2=O)cc1. The molecule has 0 radical (unpaired) electrons. The summed E-state index contributed by atoms with van der Waals surface area (Å²) in [4.78, 5) is 27.4. The lowest BCUT2D eigenvalue weighted by Gasteiger charge is -2.37. The van der Waals surface area contributed by atoms with Gasteiger partial charge in [0.15, 0.2) is 0 Å². The van der Waals surface area contributed by atoms with Crippen molar-refractivity contribution in [2.75, 3.05) is 11.5 Å². The third kappa shape index (κ3) is 1.80. The number of ether oxygens (including phenoxy) is 1. The smallest absolute Gasteiger partial charge is 0.238 e. The number of carbonyl (C=O) groups excluding carboxylic acids is 2. The van der Waals surface area contributed by atoms with E-state index in [0.717, 1.165) is 12.2 Å². The van der Waals surface area contributed by atoms with Gasteiger partial charge < -0.3 is 4.74 Å². The van der Waals surface area contributed by atoms with Crippen molar-refractivity contribution in [2.24, 2.45) is 35.5 Å². The lowest BCUT2D eigenvalue weighted by molar-refractivity contribution is -0.124. The first-order valence-electron chi connectivity index (χ1n) is 8.99. The van der Waals surface area contributed by atoms with Gasteiger partial charge in [0.05, 0.1) is 24.1 Å². The second kappa shape index (κ2) is 4.95. The van der Waals surface area contributed by atoms with E-state index in [1.165, 1.54) is 11.3 Å². The van der Waals surface area contributed by atoms with Crippen LogP contribution in [0, 0.1) is 35.5 Å². The zero-order valence-electron chi connectivity index (χ0n) is 13.7. The first-order chi connectivity index (χ1) is 11.7. The third-order valence-electron chi connectivity index (χ3n) is 6.23. The Kier molecular flexibility index (Phi) is 2.94. The Hall–Kier alpha value is -2.10. The first-order valence-corrected chi connectivity index (χ1v) is 8.99. The molecule has 2 saturated carbocycles. The number of hydrogen-bond donors (Lipinski definition) is 0. The fourth-order valence-electron chi connectivity index (χ4n) is 5.12. The number of hydrogen-bond acceptors (Lipinski definition) is 3. The van der Waals surface area contributed by atoms with Crippen LogP contribution >= 0.6 is 0 Å². The van der Waals surface area contributed by atoms with Crippen LogP contribution in [-0.2, 0) is 9.59 Å². The number of benzene rings is 1. The highest BCUT2D eigenvalue weighted by molar-refractivity contribution is 6.22. The van der Waals surface area contributed by atoms with Crippen LogP contribution in [0.15, 0.2) is 36.4 Å². The molecule has 2 amide bonds. The Labute approximate surface area is 141 Å². The molecule has 1 aliphatic heterocycles. The van der Waals surface area contributed by atoms with E-state index in [4.69, 9.17) is 4.74 Å². The van der Waals surface area contributed by atoms with Gasteiger partial charge in [0.1, 0.15) is 5.75 Å². The minimum atomic E-state index is -0.132. The molecule has 4 aliphatic carbocycles. The zero-order chi connectivity index (χ0) is 16.4. The second-order valence-electron chi connectivity index (χ2n) is 7.51. The molecule has 3 fully saturated rings. The number of rotatable bonds is 4. The molecule has 24 heavy (non-hydrogen) atoms. The average molecular weight is 323 g/mol. The van der Waals surface area contributed by atoms with Crippen LogP contribution in [0.3, 0.4) is 0 Å². The highest BCUT2D eigenvalue weighted by atomic mass is 16.5. The lowest BCUT2D eigenvalue weighted by Crippen LogP contribution is -2.40. The molecule has 6 atom stereocenters. The molecule has 124 valence electrons. The summed E-state index contributed by atoms with van der Waals surface area (Å²) >= 11 is 0. The standard InChI is InChI=1S/C20H21NO3/c1-2-9-24-12-5-3-11(4-6-12)21-19(22)17-13-7-8-14(16-10-15(13)16)18(17)20(21)23/h3-8,13-18H,2,9-10H2,1H3/t13-,14-,15-,16-,17-,18+/m0/s1. The molecule has 0 N–H and O–H groups in total. The van der Waals surface area contributed by atoms with Gasteiger partial charge in [0.25, 0.3) is 0 Å². The van der Waals surface area contributed by atoms with Crippen molar-refractivity contribution in [1.82, 2.24) is 0 Å². The molecular weight excluding hydrogens is 302 g/mol. The van der Waals surface area contributed by atoms with Crippen LogP contribution in [-0.4, -0.2) is 18.4 Å². The van der Waals surface area contributed by atoms with Crippen molar-refractivity contribution in [1.29, 1.82) is 0 Å². The highest BCUT2D eigenvalue weighted by Crippen LogP contribution is 2.65. The molecule has 6 rings (SSSR count).